The van der Waals surface area contributed by atoms with E-state index in [2.05, 4.69) is 16.4 Å². The van der Waals surface area contributed by atoms with Crippen LogP contribution in [0.15, 0.2) is 18.3 Å². The molecule has 0 radical (unpaired) electrons. The Morgan fingerprint density at radius 1 is 1.44 bits per heavy atom. The zero-order chi connectivity index (χ0) is 13.1. The van der Waals surface area contributed by atoms with E-state index in [-0.39, 0.29) is 5.91 Å². The fourth-order valence-corrected chi connectivity index (χ4v) is 2.12. The summed E-state index contributed by atoms with van der Waals surface area (Å²) in [6, 6.07) is 1.92. The molecule has 0 saturated carbocycles. The van der Waals surface area contributed by atoms with Crippen molar-refractivity contribution in [2.24, 2.45) is 0 Å². The summed E-state index contributed by atoms with van der Waals surface area (Å²) >= 11 is 0. The van der Waals surface area contributed by atoms with Crippen molar-refractivity contribution in [3.05, 3.63) is 35.2 Å². The molecule has 96 valence electrons. The third kappa shape index (κ3) is 2.59. The van der Waals surface area contributed by atoms with Crippen molar-refractivity contribution in [3.63, 3.8) is 0 Å². The molecule has 0 bridgehead atoms. The van der Waals surface area contributed by atoms with Gasteiger partial charge in [-0.1, -0.05) is 6.08 Å². The summed E-state index contributed by atoms with van der Waals surface area (Å²) in [5, 5.41) is 3.28. The van der Waals surface area contributed by atoms with Crippen molar-refractivity contribution < 1.29 is 4.79 Å². The van der Waals surface area contributed by atoms with Gasteiger partial charge in [0, 0.05) is 26.8 Å². The Labute approximate surface area is 108 Å². The molecule has 0 aromatic carbocycles. The fourth-order valence-electron chi connectivity index (χ4n) is 2.12. The van der Waals surface area contributed by atoms with Gasteiger partial charge in [-0.15, -0.1) is 0 Å². The topological polar surface area (TPSA) is 45.2 Å². The lowest BCUT2D eigenvalue weighted by Crippen LogP contribution is -2.23. The van der Waals surface area contributed by atoms with Gasteiger partial charge in [0.05, 0.1) is 11.3 Å². The Bertz CT molecular complexity index is 492. The molecule has 0 saturated heterocycles. The van der Waals surface area contributed by atoms with Crippen LogP contribution in [-0.2, 0) is 0 Å². The Kier molecular flexibility index (Phi) is 3.77. The highest BCUT2D eigenvalue weighted by Gasteiger charge is 2.13. The lowest BCUT2D eigenvalue weighted by molar-refractivity contribution is 0.0827. The molecule has 18 heavy (non-hydrogen) atoms. The minimum absolute atomic E-state index is 0.00330. The van der Waals surface area contributed by atoms with Crippen molar-refractivity contribution >= 4 is 11.5 Å². The number of pyridine rings is 1. The number of amides is 1. The standard InChI is InChI=1S/C14H19N3O/c1-10-8-12(14(18)17(2)3)9-16-13(10)11-4-6-15-7-5-11/h4,8-9,15H,5-7H2,1-3H3. The molecule has 0 atom stereocenters. The van der Waals surface area contributed by atoms with Gasteiger partial charge in [-0.3, -0.25) is 9.78 Å². The Balaban J connectivity index is 2.30. The Morgan fingerprint density at radius 2 is 2.22 bits per heavy atom. The lowest BCUT2D eigenvalue weighted by atomic mass is 10.0. The van der Waals surface area contributed by atoms with E-state index in [1.807, 2.05) is 13.0 Å². The quantitative estimate of drug-likeness (QED) is 0.858. The highest BCUT2D eigenvalue weighted by Crippen LogP contribution is 2.21. The smallest absolute Gasteiger partial charge is 0.254 e. The molecule has 0 aliphatic carbocycles. The van der Waals surface area contributed by atoms with Gasteiger partial charge in [0.2, 0.25) is 0 Å². The summed E-state index contributed by atoms with van der Waals surface area (Å²) in [4.78, 5) is 17.9. The molecule has 4 nitrogen and oxygen atoms in total. The maximum Gasteiger partial charge on any atom is 0.254 e. The van der Waals surface area contributed by atoms with E-state index in [4.69, 9.17) is 0 Å². The predicted octanol–water partition coefficient (Wildman–Crippen LogP) is 1.47. The molecule has 0 spiro atoms. The molecule has 1 aromatic heterocycles. The van der Waals surface area contributed by atoms with Crippen LogP contribution in [0.2, 0.25) is 0 Å². The van der Waals surface area contributed by atoms with Crippen LogP contribution in [0.25, 0.3) is 5.57 Å². The zero-order valence-electron chi connectivity index (χ0n) is 11.2. The first-order chi connectivity index (χ1) is 8.59. The third-order valence-electron chi connectivity index (χ3n) is 3.10. The van der Waals surface area contributed by atoms with Crippen LogP contribution in [-0.4, -0.2) is 43.0 Å². The predicted molar refractivity (Wildman–Crippen MR) is 72.5 cm³/mol. The molecule has 0 unspecified atom stereocenters. The molecule has 1 aromatic rings. The largest absolute Gasteiger partial charge is 0.345 e. The van der Waals surface area contributed by atoms with Crippen LogP contribution >= 0.6 is 0 Å². The summed E-state index contributed by atoms with van der Waals surface area (Å²) in [5.74, 6) is -0.00330. The highest BCUT2D eigenvalue weighted by molar-refractivity contribution is 5.94. The molecule has 1 N–H and O–H groups in total. The van der Waals surface area contributed by atoms with Crippen molar-refractivity contribution in [3.8, 4) is 0 Å². The summed E-state index contributed by atoms with van der Waals surface area (Å²) < 4.78 is 0. The van der Waals surface area contributed by atoms with Crippen LogP contribution in [0.5, 0.6) is 0 Å². The van der Waals surface area contributed by atoms with Crippen molar-refractivity contribution in [2.75, 3.05) is 27.2 Å². The van der Waals surface area contributed by atoms with Gasteiger partial charge in [0.1, 0.15) is 0 Å². The fraction of sp³-hybridized carbons (Fsp3) is 0.429. The van der Waals surface area contributed by atoms with Crippen molar-refractivity contribution in [2.45, 2.75) is 13.3 Å². The van der Waals surface area contributed by atoms with Crippen molar-refractivity contribution in [1.29, 1.82) is 0 Å². The van der Waals surface area contributed by atoms with Gasteiger partial charge in [-0.2, -0.15) is 0 Å². The molecule has 0 fully saturated rings. The van der Waals surface area contributed by atoms with E-state index >= 15 is 0 Å². The number of nitrogens with one attached hydrogen (secondary N) is 1. The number of carbonyl (C=O) groups excluding carboxylic acids is 1. The minimum Gasteiger partial charge on any atom is -0.345 e. The normalized spacial score (nSPS) is 15.2. The minimum atomic E-state index is -0.00330. The summed E-state index contributed by atoms with van der Waals surface area (Å²) in [6.45, 7) is 3.90. The van der Waals surface area contributed by atoms with Crippen LogP contribution < -0.4 is 5.32 Å². The third-order valence-corrected chi connectivity index (χ3v) is 3.10. The van der Waals surface area contributed by atoms with E-state index in [0.29, 0.717) is 5.56 Å². The van der Waals surface area contributed by atoms with Gasteiger partial charge >= 0.3 is 0 Å². The van der Waals surface area contributed by atoms with Gasteiger partial charge < -0.3 is 10.2 Å². The average Bonchev–Trinajstić information content (AvgIpc) is 2.38. The Morgan fingerprint density at radius 3 is 2.78 bits per heavy atom. The van der Waals surface area contributed by atoms with Gasteiger partial charge in [-0.25, -0.2) is 0 Å². The lowest BCUT2D eigenvalue weighted by Gasteiger charge is -2.16. The number of carbonyl (C=O) groups is 1. The summed E-state index contributed by atoms with van der Waals surface area (Å²) in [6.07, 6.45) is 4.84. The van der Waals surface area contributed by atoms with Gasteiger partial charge in [0.25, 0.3) is 5.91 Å². The van der Waals surface area contributed by atoms with Gasteiger partial charge in [0.15, 0.2) is 0 Å². The van der Waals surface area contributed by atoms with Crippen LogP contribution in [0, 0.1) is 6.92 Å². The molecule has 1 aliphatic heterocycles. The van der Waals surface area contributed by atoms with Gasteiger partial charge in [-0.05, 0) is 37.1 Å². The number of hydrogen-bond acceptors (Lipinski definition) is 3. The number of aromatic nitrogens is 1. The second-order valence-electron chi connectivity index (χ2n) is 4.77. The van der Waals surface area contributed by atoms with Crippen LogP contribution in [0.1, 0.15) is 28.0 Å². The molecular weight excluding hydrogens is 226 g/mol. The number of aryl methyl sites for hydroxylation is 1. The highest BCUT2D eigenvalue weighted by atomic mass is 16.2. The van der Waals surface area contributed by atoms with E-state index in [9.17, 15) is 4.79 Å². The first kappa shape index (κ1) is 12.8. The number of nitrogens with zero attached hydrogens (tertiary/aromatic N) is 2. The molecule has 2 heterocycles. The second-order valence-corrected chi connectivity index (χ2v) is 4.77. The molecule has 1 amide bonds. The average molecular weight is 245 g/mol. The molecule has 1 aliphatic rings. The number of rotatable bonds is 2. The van der Waals surface area contributed by atoms with E-state index < -0.39 is 0 Å². The Hall–Kier alpha value is -1.68. The van der Waals surface area contributed by atoms with E-state index in [1.165, 1.54) is 5.57 Å². The first-order valence-electron chi connectivity index (χ1n) is 6.18. The SMILES string of the molecule is Cc1cc(C(=O)N(C)C)cnc1C1=CCNCC1. The zero-order valence-corrected chi connectivity index (χ0v) is 11.2. The molecular formula is C14H19N3O. The van der Waals surface area contributed by atoms with E-state index in [1.54, 1.807) is 25.2 Å². The summed E-state index contributed by atoms with van der Waals surface area (Å²) in [5.41, 5.74) is 4.01. The van der Waals surface area contributed by atoms with E-state index in [0.717, 1.165) is 30.8 Å². The first-order valence-corrected chi connectivity index (χ1v) is 6.18. The molecule has 2 rings (SSSR count). The molecule has 4 heteroatoms. The maximum atomic E-state index is 11.8. The number of hydrogen-bond donors (Lipinski definition) is 1. The van der Waals surface area contributed by atoms with Crippen molar-refractivity contribution in [1.82, 2.24) is 15.2 Å². The van der Waals surface area contributed by atoms with Crippen LogP contribution in [0.3, 0.4) is 0 Å². The van der Waals surface area contributed by atoms with Crippen LogP contribution in [0.4, 0.5) is 0 Å². The summed E-state index contributed by atoms with van der Waals surface area (Å²) in [7, 11) is 3.50. The monoisotopic (exact) mass is 245 g/mol. The second kappa shape index (κ2) is 5.31. The maximum absolute atomic E-state index is 11.8.